The van der Waals surface area contributed by atoms with E-state index in [2.05, 4.69) is 5.32 Å². The number of halogens is 2. The molecule has 0 aliphatic carbocycles. The van der Waals surface area contributed by atoms with Gasteiger partial charge in [-0.1, -0.05) is 6.92 Å². The number of amides is 1. The summed E-state index contributed by atoms with van der Waals surface area (Å²) < 4.78 is 53.1. The smallest absolute Gasteiger partial charge is 0.243 e. The maximum absolute atomic E-state index is 13.2. The van der Waals surface area contributed by atoms with Gasteiger partial charge in [-0.15, -0.1) is 11.8 Å². The maximum atomic E-state index is 13.2. The summed E-state index contributed by atoms with van der Waals surface area (Å²) in [5, 5.41) is 2.67. The van der Waals surface area contributed by atoms with Crippen molar-refractivity contribution in [3.8, 4) is 0 Å². The lowest BCUT2D eigenvalue weighted by Crippen LogP contribution is -2.39. The van der Waals surface area contributed by atoms with Crippen molar-refractivity contribution in [3.63, 3.8) is 0 Å². The average Bonchev–Trinajstić information content (AvgIpc) is 2.69. The molecule has 1 N–H and O–H groups in total. The molecule has 0 saturated carbocycles. The molecule has 1 unspecified atom stereocenters. The third-order valence-electron chi connectivity index (χ3n) is 4.66. The summed E-state index contributed by atoms with van der Waals surface area (Å²) in [6.07, 6.45) is 1.88. The molecular formula is C20H22F2N2O3S2. The molecule has 2 aromatic rings. The van der Waals surface area contributed by atoms with Crippen LogP contribution in [0.1, 0.15) is 19.8 Å². The van der Waals surface area contributed by atoms with Gasteiger partial charge in [-0.05, 0) is 61.2 Å². The van der Waals surface area contributed by atoms with Crippen LogP contribution in [-0.2, 0) is 14.8 Å². The van der Waals surface area contributed by atoms with Crippen LogP contribution in [-0.4, -0.2) is 37.5 Å². The van der Waals surface area contributed by atoms with E-state index in [9.17, 15) is 22.0 Å². The lowest BCUT2D eigenvalue weighted by molar-refractivity contribution is -0.113. The highest BCUT2D eigenvalue weighted by atomic mass is 32.2. The molecule has 5 nitrogen and oxygen atoms in total. The van der Waals surface area contributed by atoms with Crippen molar-refractivity contribution in [2.45, 2.75) is 29.6 Å². The van der Waals surface area contributed by atoms with Crippen LogP contribution in [0.4, 0.5) is 14.5 Å². The first-order valence-corrected chi connectivity index (χ1v) is 11.7. The predicted octanol–water partition coefficient (Wildman–Crippen LogP) is 4.12. The second-order valence-electron chi connectivity index (χ2n) is 7.05. The van der Waals surface area contributed by atoms with E-state index in [1.54, 1.807) is 12.1 Å². The van der Waals surface area contributed by atoms with Crippen molar-refractivity contribution in [1.29, 1.82) is 0 Å². The van der Waals surface area contributed by atoms with Gasteiger partial charge < -0.3 is 5.32 Å². The Morgan fingerprint density at radius 1 is 1.17 bits per heavy atom. The van der Waals surface area contributed by atoms with Crippen molar-refractivity contribution in [3.05, 3.63) is 54.1 Å². The minimum atomic E-state index is -3.54. The lowest BCUT2D eigenvalue weighted by atomic mass is 10.0. The number of anilines is 1. The van der Waals surface area contributed by atoms with Crippen LogP contribution < -0.4 is 5.32 Å². The van der Waals surface area contributed by atoms with Gasteiger partial charge in [-0.3, -0.25) is 4.79 Å². The van der Waals surface area contributed by atoms with Gasteiger partial charge >= 0.3 is 0 Å². The van der Waals surface area contributed by atoms with Gasteiger partial charge in [0, 0.05) is 23.7 Å². The number of sulfonamides is 1. The number of benzene rings is 2. The summed E-state index contributed by atoms with van der Waals surface area (Å²) in [5.74, 6) is -1.89. The Kier molecular flexibility index (Phi) is 6.92. The van der Waals surface area contributed by atoms with Crippen molar-refractivity contribution in [2.75, 3.05) is 24.2 Å². The first-order chi connectivity index (χ1) is 13.8. The molecule has 9 heteroatoms. The number of nitrogens with one attached hydrogen (secondary N) is 1. The van der Waals surface area contributed by atoms with Crippen LogP contribution in [0.15, 0.2) is 52.3 Å². The third-order valence-corrected chi connectivity index (χ3v) is 7.53. The van der Waals surface area contributed by atoms with E-state index in [0.717, 1.165) is 36.7 Å². The predicted molar refractivity (Wildman–Crippen MR) is 109 cm³/mol. The van der Waals surface area contributed by atoms with Gasteiger partial charge in [0.25, 0.3) is 0 Å². The number of carbonyl (C=O) groups is 1. The quantitative estimate of drug-likeness (QED) is 0.687. The summed E-state index contributed by atoms with van der Waals surface area (Å²) in [6, 6.07) is 9.49. The van der Waals surface area contributed by atoms with E-state index < -0.39 is 21.7 Å². The number of carbonyl (C=O) groups excluding carboxylic acids is 1. The Morgan fingerprint density at radius 2 is 1.90 bits per heavy atom. The Bertz CT molecular complexity index is 982. The third kappa shape index (κ3) is 5.55. The van der Waals surface area contributed by atoms with E-state index in [1.165, 1.54) is 22.5 Å². The summed E-state index contributed by atoms with van der Waals surface area (Å²) >= 11 is 1.08. The van der Waals surface area contributed by atoms with Crippen LogP contribution >= 0.6 is 11.8 Å². The molecule has 1 aliphatic rings. The normalized spacial score (nSPS) is 17.8. The van der Waals surface area contributed by atoms with Crippen LogP contribution in [0.3, 0.4) is 0 Å². The molecule has 0 bridgehead atoms. The fraction of sp³-hybridized carbons (Fsp3) is 0.350. The molecule has 1 fully saturated rings. The topological polar surface area (TPSA) is 66.5 Å². The molecule has 1 amide bonds. The SMILES string of the molecule is CC1CCCN(S(=O)(=O)c2ccc(NC(=O)CSc3ccc(F)c(F)c3)cc2)C1. The molecule has 2 aromatic carbocycles. The molecular weight excluding hydrogens is 418 g/mol. The highest BCUT2D eigenvalue weighted by Gasteiger charge is 2.28. The van der Waals surface area contributed by atoms with E-state index in [4.69, 9.17) is 0 Å². The Balaban J connectivity index is 1.58. The van der Waals surface area contributed by atoms with Gasteiger partial charge in [0.1, 0.15) is 0 Å². The fourth-order valence-electron chi connectivity index (χ4n) is 3.14. The standard InChI is InChI=1S/C20H22F2N2O3S2/c1-14-3-2-10-24(12-14)29(26,27)17-7-4-15(5-8-17)23-20(25)13-28-16-6-9-18(21)19(22)11-16/h4-9,11,14H,2-3,10,12-13H2,1H3,(H,23,25). The van der Waals surface area contributed by atoms with Crippen molar-refractivity contribution in [1.82, 2.24) is 4.31 Å². The highest BCUT2D eigenvalue weighted by Crippen LogP contribution is 2.25. The van der Waals surface area contributed by atoms with E-state index in [-0.39, 0.29) is 16.6 Å². The highest BCUT2D eigenvalue weighted by molar-refractivity contribution is 8.00. The summed E-state index contributed by atoms with van der Waals surface area (Å²) in [4.78, 5) is 12.7. The molecule has 1 aliphatic heterocycles. The molecule has 3 rings (SSSR count). The van der Waals surface area contributed by atoms with Crippen molar-refractivity contribution >= 4 is 33.4 Å². The van der Waals surface area contributed by atoms with Gasteiger partial charge in [0.05, 0.1) is 10.6 Å². The Hall–Kier alpha value is -1.97. The van der Waals surface area contributed by atoms with Crippen LogP contribution in [0.5, 0.6) is 0 Å². The number of hydrogen-bond acceptors (Lipinski definition) is 4. The Morgan fingerprint density at radius 3 is 2.55 bits per heavy atom. The minimum Gasteiger partial charge on any atom is -0.325 e. The van der Waals surface area contributed by atoms with Crippen LogP contribution in [0.25, 0.3) is 0 Å². The summed E-state index contributed by atoms with van der Waals surface area (Å²) in [5.41, 5.74) is 0.465. The van der Waals surface area contributed by atoms with Gasteiger partial charge in [-0.25, -0.2) is 17.2 Å². The molecule has 29 heavy (non-hydrogen) atoms. The molecule has 156 valence electrons. The lowest BCUT2D eigenvalue weighted by Gasteiger charge is -2.30. The summed E-state index contributed by atoms with van der Waals surface area (Å²) in [7, 11) is -3.54. The Labute approximate surface area is 173 Å². The molecule has 1 heterocycles. The molecule has 1 saturated heterocycles. The zero-order valence-electron chi connectivity index (χ0n) is 15.9. The van der Waals surface area contributed by atoms with Gasteiger partial charge in [-0.2, -0.15) is 4.31 Å². The number of nitrogens with zero attached hydrogens (tertiary/aromatic N) is 1. The van der Waals surface area contributed by atoms with Crippen molar-refractivity contribution < 1.29 is 22.0 Å². The van der Waals surface area contributed by atoms with Gasteiger partial charge in [0.15, 0.2) is 11.6 Å². The first kappa shape index (κ1) is 21.7. The summed E-state index contributed by atoms with van der Waals surface area (Å²) in [6.45, 7) is 3.08. The maximum Gasteiger partial charge on any atom is 0.243 e. The van der Waals surface area contributed by atoms with Crippen molar-refractivity contribution in [2.24, 2.45) is 5.92 Å². The second-order valence-corrected chi connectivity index (χ2v) is 10.0. The number of thioether (sulfide) groups is 1. The largest absolute Gasteiger partial charge is 0.325 e. The first-order valence-electron chi connectivity index (χ1n) is 9.23. The zero-order chi connectivity index (χ0) is 21.0. The van der Waals surface area contributed by atoms with Crippen LogP contribution in [0.2, 0.25) is 0 Å². The van der Waals surface area contributed by atoms with E-state index in [1.807, 2.05) is 6.92 Å². The molecule has 0 aromatic heterocycles. The molecule has 0 spiro atoms. The second kappa shape index (κ2) is 9.23. The number of rotatable bonds is 6. The minimum absolute atomic E-state index is 0.0107. The van der Waals surface area contributed by atoms with E-state index >= 15 is 0 Å². The average molecular weight is 441 g/mol. The van der Waals surface area contributed by atoms with Crippen LogP contribution in [0, 0.1) is 17.6 Å². The fourth-order valence-corrected chi connectivity index (χ4v) is 5.46. The van der Waals surface area contributed by atoms with E-state index in [0.29, 0.717) is 29.6 Å². The monoisotopic (exact) mass is 440 g/mol. The van der Waals surface area contributed by atoms with Gasteiger partial charge in [0.2, 0.25) is 15.9 Å². The molecule has 1 atom stereocenters. The molecule has 0 radical (unpaired) electrons. The number of hydrogen-bond donors (Lipinski definition) is 1. The number of piperidine rings is 1. The zero-order valence-corrected chi connectivity index (χ0v) is 17.5.